The minimum absolute atomic E-state index is 0.0888. The van der Waals surface area contributed by atoms with Gasteiger partial charge in [0.25, 0.3) is 0 Å². The normalized spacial score (nSPS) is 18.0. The van der Waals surface area contributed by atoms with Crippen LogP contribution in [0.15, 0.2) is 11.1 Å². The fourth-order valence-electron chi connectivity index (χ4n) is 2.03. The SMILES string of the molecule is CCC(=O)OCSC(=O)CC1=C(C)C(C)(C)CC1. The maximum atomic E-state index is 11.8. The molecule has 3 nitrogen and oxygen atoms in total. The van der Waals surface area contributed by atoms with E-state index in [1.54, 1.807) is 6.92 Å². The van der Waals surface area contributed by atoms with Crippen molar-refractivity contribution >= 4 is 22.8 Å². The molecule has 0 aromatic carbocycles. The summed E-state index contributed by atoms with van der Waals surface area (Å²) in [6.07, 6.45) is 2.98. The maximum Gasteiger partial charge on any atom is 0.306 e. The molecule has 1 aliphatic carbocycles. The smallest absolute Gasteiger partial charge is 0.306 e. The van der Waals surface area contributed by atoms with E-state index in [1.165, 1.54) is 11.1 Å². The highest BCUT2D eigenvalue weighted by Gasteiger charge is 2.29. The summed E-state index contributed by atoms with van der Waals surface area (Å²) >= 11 is 1.09. The molecule has 0 spiro atoms. The van der Waals surface area contributed by atoms with Crippen molar-refractivity contribution in [1.29, 1.82) is 0 Å². The zero-order valence-corrected chi connectivity index (χ0v) is 12.5. The van der Waals surface area contributed by atoms with Crippen molar-refractivity contribution in [2.45, 2.75) is 53.4 Å². The number of carbonyl (C=O) groups excluding carboxylic acids is 2. The number of esters is 1. The fraction of sp³-hybridized carbons (Fsp3) is 0.714. The van der Waals surface area contributed by atoms with Gasteiger partial charge in [-0.2, -0.15) is 0 Å². The molecule has 0 bridgehead atoms. The molecular formula is C14H22O3S. The summed E-state index contributed by atoms with van der Waals surface area (Å²) in [5.74, 6) is -0.117. The predicted octanol–water partition coefficient (Wildman–Crippen LogP) is 3.68. The first-order valence-electron chi connectivity index (χ1n) is 6.37. The van der Waals surface area contributed by atoms with Gasteiger partial charge in [0, 0.05) is 12.8 Å². The number of hydrogen-bond acceptors (Lipinski definition) is 4. The van der Waals surface area contributed by atoms with Crippen molar-refractivity contribution < 1.29 is 14.3 Å². The quantitative estimate of drug-likeness (QED) is 0.434. The van der Waals surface area contributed by atoms with Crippen LogP contribution in [0.2, 0.25) is 0 Å². The van der Waals surface area contributed by atoms with Crippen molar-refractivity contribution in [3.63, 3.8) is 0 Å². The molecule has 0 amide bonds. The second-order valence-electron chi connectivity index (χ2n) is 5.29. The molecular weight excluding hydrogens is 248 g/mol. The molecule has 102 valence electrons. The third-order valence-corrected chi connectivity index (χ3v) is 4.39. The van der Waals surface area contributed by atoms with Gasteiger partial charge in [0.2, 0.25) is 0 Å². The Morgan fingerprint density at radius 2 is 2.06 bits per heavy atom. The molecule has 0 unspecified atom stereocenters. The van der Waals surface area contributed by atoms with Crippen LogP contribution in [0.25, 0.3) is 0 Å². The lowest BCUT2D eigenvalue weighted by molar-refractivity contribution is -0.140. The van der Waals surface area contributed by atoms with Crippen LogP contribution in [0.3, 0.4) is 0 Å². The molecule has 0 radical (unpaired) electrons. The van der Waals surface area contributed by atoms with Crippen molar-refractivity contribution in [3.8, 4) is 0 Å². The topological polar surface area (TPSA) is 43.4 Å². The first-order valence-corrected chi connectivity index (χ1v) is 7.35. The van der Waals surface area contributed by atoms with Gasteiger partial charge in [-0.25, -0.2) is 0 Å². The van der Waals surface area contributed by atoms with E-state index in [9.17, 15) is 9.59 Å². The van der Waals surface area contributed by atoms with Crippen LogP contribution >= 0.6 is 11.8 Å². The monoisotopic (exact) mass is 270 g/mol. The Labute approximate surface area is 113 Å². The third-order valence-electron chi connectivity index (χ3n) is 3.68. The van der Waals surface area contributed by atoms with Gasteiger partial charge in [0.15, 0.2) is 5.12 Å². The summed E-state index contributed by atoms with van der Waals surface area (Å²) in [7, 11) is 0. The van der Waals surface area contributed by atoms with E-state index in [1.807, 2.05) is 0 Å². The van der Waals surface area contributed by atoms with E-state index >= 15 is 0 Å². The summed E-state index contributed by atoms with van der Waals surface area (Å²) in [5, 5.41) is 0.0888. The third kappa shape index (κ3) is 4.16. The lowest BCUT2D eigenvalue weighted by atomic mass is 9.86. The van der Waals surface area contributed by atoms with Crippen LogP contribution in [0.1, 0.15) is 53.4 Å². The van der Waals surface area contributed by atoms with E-state index in [-0.39, 0.29) is 22.4 Å². The highest BCUT2D eigenvalue weighted by atomic mass is 32.2. The minimum Gasteiger partial charge on any atom is -0.454 e. The van der Waals surface area contributed by atoms with Gasteiger partial charge in [-0.1, -0.05) is 31.9 Å². The summed E-state index contributed by atoms with van der Waals surface area (Å²) in [6.45, 7) is 8.30. The van der Waals surface area contributed by atoms with Gasteiger partial charge >= 0.3 is 5.97 Å². The number of allylic oxidation sites excluding steroid dienone is 2. The molecule has 0 N–H and O–H groups in total. The van der Waals surface area contributed by atoms with Gasteiger partial charge < -0.3 is 4.74 Å². The average Bonchev–Trinajstić information content (AvgIpc) is 2.56. The van der Waals surface area contributed by atoms with E-state index in [2.05, 4.69) is 20.8 Å². The zero-order chi connectivity index (χ0) is 13.8. The number of ether oxygens (including phenoxy) is 1. The standard InChI is InChI=1S/C14H22O3S/c1-5-12(15)17-9-18-13(16)8-11-6-7-14(3,4)10(11)2/h5-9H2,1-4H3. The lowest BCUT2D eigenvalue weighted by Gasteiger charge is -2.19. The van der Waals surface area contributed by atoms with E-state index in [0.29, 0.717) is 12.8 Å². The van der Waals surface area contributed by atoms with Crippen LogP contribution < -0.4 is 0 Å². The molecule has 0 saturated heterocycles. The Balaban J connectivity index is 2.38. The van der Waals surface area contributed by atoms with Crippen molar-refractivity contribution in [2.24, 2.45) is 5.41 Å². The minimum atomic E-state index is -0.257. The molecule has 0 fully saturated rings. The Morgan fingerprint density at radius 3 is 2.56 bits per heavy atom. The van der Waals surface area contributed by atoms with Crippen LogP contribution in [0.4, 0.5) is 0 Å². The zero-order valence-electron chi connectivity index (χ0n) is 11.7. The summed E-state index contributed by atoms with van der Waals surface area (Å²) in [5.41, 5.74) is 2.84. The van der Waals surface area contributed by atoms with Crippen LogP contribution in [0, 0.1) is 5.41 Å². The molecule has 0 aromatic rings. The van der Waals surface area contributed by atoms with Gasteiger partial charge in [0.1, 0.15) is 5.94 Å². The van der Waals surface area contributed by atoms with Gasteiger partial charge in [-0.05, 0) is 36.9 Å². The van der Waals surface area contributed by atoms with E-state index < -0.39 is 0 Å². The molecule has 0 heterocycles. The number of thioether (sulfide) groups is 1. The Kier molecular flexibility index (Phi) is 5.45. The first kappa shape index (κ1) is 15.3. The number of carbonyl (C=O) groups is 2. The first-order chi connectivity index (χ1) is 8.36. The summed E-state index contributed by atoms with van der Waals surface area (Å²) in [4.78, 5) is 22.7. The molecule has 1 aliphatic rings. The van der Waals surface area contributed by atoms with Crippen LogP contribution in [-0.4, -0.2) is 17.0 Å². The Hall–Kier alpha value is -0.770. The highest BCUT2D eigenvalue weighted by Crippen LogP contribution is 2.43. The summed E-state index contributed by atoms with van der Waals surface area (Å²) in [6, 6.07) is 0. The summed E-state index contributed by atoms with van der Waals surface area (Å²) < 4.78 is 4.88. The molecule has 0 atom stereocenters. The van der Waals surface area contributed by atoms with Gasteiger partial charge in [-0.15, -0.1) is 0 Å². The molecule has 1 rings (SSSR count). The Morgan fingerprint density at radius 1 is 1.39 bits per heavy atom. The molecule has 0 aliphatic heterocycles. The molecule has 0 saturated carbocycles. The highest BCUT2D eigenvalue weighted by molar-refractivity contribution is 8.13. The average molecular weight is 270 g/mol. The van der Waals surface area contributed by atoms with Crippen LogP contribution in [-0.2, 0) is 14.3 Å². The fourth-order valence-corrected chi connectivity index (χ4v) is 2.62. The van der Waals surface area contributed by atoms with Crippen molar-refractivity contribution in [1.82, 2.24) is 0 Å². The molecule has 0 aromatic heterocycles. The predicted molar refractivity (Wildman–Crippen MR) is 74.2 cm³/mol. The molecule has 4 heteroatoms. The largest absolute Gasteiger partial charge is 0.454 e. The van der Waals surface area contributed by atoms with Crippen molar-refractivity contribution in [3.05, 3.63) is 11.1 Å². The maximum absolute atomic E-state index is 11.8. The van der Waals surface area contributed by atoms with Crippen LogP contribution in [0.5, 0.6) is 0 Å². The van der Waals surface area contributed by atoms with E-state index in [4.69, 9.17) is 4.74 Å². The van der Waals surface area contributed by atoms with Gasteiger partial charge in [0.05, 0.1) is 0 Å². The Bertz CT molecular complexity index is 369. The number of hydrogen-bond donors (Lipinski definition) is 0. The second kappa shape index (κ2) is 6.41. The van der Waals surface area contributed by atoms with E-state index in [0.717, 1.165) is 24.6 Å². The molecule has 18 heavy (non-hydrogen) atoms. The van der Waals surface area contributed by atoms with Gasteiger partial charge in [-0.3, -0.25) is 9.59 Å². The lowest BCUT2D eigenvalue weighted by Crippen LogP contribution is -2.07. The number of rotatable bonds is 5. The second-order valence-corrected chi connectivity index (χ2v) is 6.27. The van der Waals surface area contributed by atoms with Crippen molar-refractivity contribution in [2.75, 3.05) is 5.94 Å².